The number of carbonyl (C=O) groups is 1. The Morgan fingerprint density at radius 2 is 2.14 bits per heavy atom. The lowest BCUT2D eigenvalue weighted by molar-refractivity contribution is 0.195. The second-order valence-corrected chi connectivity index (χ2v) is 5.51. The number of amides is 2. The third kappa shape index (κ3) is 5.73. The minimum Gasteiger partial charge on any atom is -0.383 e. The number of likely N-dealkylation sites (tertiary alicyclic amines) is 1. The van der Waals surface area contributed by atoms with E-state index in [1.165, 1.54) is 5.56 Å². The maximum atomic E-state index is 11.6. The molecule has 2 rings (SSSR count). The van der Waals surface area contributed by atoms with Crippen LogP contribution in [0.5, 0.6) is 0 Å². The van der Waals surface area contributed by atoms with Crippen molar-refractivity contribution in [2.45, 2.75) is 13.0 Å². The quantitative estimate of drug-likeness (QED) is 0.748. The number of nitrogens with zero attached hydrogens (tertiary/aromatic N) is 1. The average molecular weight is 291 g/mol. The summed E-state index contributed by atoms with van der Waals surface area (Å²) in [5.41, 5.74) is 1.35. The topological polar surface area (TPSA) is 53.6 Å². The Balaban J connectivity index is 1.63. The van der Waals surface area contributed by atoms with Crippen LogP contribution in [0.25, 0.3) is 0 Å². The first-order valence-corrected chi connectivity index (χ1v) is 7.55. The molecule has 2 N–H and O–H groups in total. The zero-order chi connectivity index (χ0) is 14.9. The van der Waals surface area contributed by atoms with Crippen molar-refractivity contribution in [2.75, 3.05) is 39.9 Å². The molecule has 2 amide bonds. The second-order valence-electron chi connectivity index (χ2n) is 5.51. The van der Waals surface area contributed by atoms with Crippen LogP contribution in [-0.4, -0.2) is 50.8 Å². The summed E-state index contributed by atoms with van der Waals surface area (Å²) in [6.45, 7) is 4.98. The van der Waals surface area contributed by atoms with Gasteiger partial charge in [0.15, 0.2) is 0 Å². The number of hydrogen-bond donors (Lipinski definition) is 2. The molecule has 0 unspecified atom stereocenters. The summed E-state index contributed by atoms with van der Waals surface area (Å²) in [6.07, 6.45) is 1.14. The summed E-state index contributed by atoms with van der Waals surface area (Å²) in [4.78, 5) is 14.0. The van der Waals surface area contributed by atoms with Gasteiger partial charge >= 0.3 is 6.03 Å². The molecule has 1 aromatic rings. The number of ether oxygens (including phenoxy) is 1. The predicted octanol–water partition coefficient (Wildman–Crippen LogP) is 1.45. The maximum Gasteiger partial charge on any atom is 0.314 e. The molecule has 0 saturated carbocycles. The number of carbonyl (C=O) groups excluding carboxylic acids is 1. The van der Waals surface area contributed by atoms with Gasteiger partial charge in [0.2, 0.25) is 0 Å². The number of urea groups is 1. The molecule has 0 spiro atoms. The van der Waals surface area contributed by atoms with Crippen molar-refractivity contribution in [1.29, 1.82) is 0 Å². The predicted molar refractivity (Wildman–Crippen MR) is 83.1 cm³/mol. The van der Waals surface area contributed by atoms with Gasteiger partial charge in [0, 0.05) is 33.3 Å². The van der Waals surface area contributed by atoms with Crippen LogP contribution in [0.15, 0.2) is 30.3 Å². The molecule has 1 aliphatic rings. The first-order chi connectivity index (χ1) is 10.3. The zero-order valence-corrected chi connectivity index (χ0v) is 12.7. The Morgan fingerprint density at radius 3 is 2.90 bits per heavy atom. The van der Waals surface area contributed by atoms with E-state index in [-0.39, 0.29) is 6.03 Å². The number of benzene rings is 1. The second kappa shape index (κ2) is 8.64. The van der Waals surface area contributed by atoms with Gasteiger partial charge < -0.3 is 15.4 Å². The molecule has 1 aromatic carbocycles. The fourth-order valence-electron chi connectivity index (χ4n) is 2.63. The normalized spacial score (nSPS) is 18.6. The Bertz CT molecular complexity index is 425. The molecule has 0 aromatic heterocycles. The third-order valence-electron chi connectivity index (χ3n) is 3.76. The van der Waals surface area contributed by atoms with Crippen molar-refractivity contribution in [2.24, 2.45) is 5.92 Å². The van der Waals surface area contributed by atoms with Gasteiger partial charge in [-0.3, -0.25) is 4.90 Å². The first-order valence-electron chi connectivity index (χ1n) is 7.55. The van der Waals surface area contributed by atoms with Crippen molar-refractivity contribution in [3.05, 3.63) is 35.9 Å². The maximum absolute atomic E-state index is 11.6. The van der Waals surface area contributed by atoms with Gasteiger partial charge in [-0.05, 0) is 24.4 Å². The van der Waals surface area contributed by atoms with Gasteiger partial charge in [0.05, 0.1) is 6.61 Å². The highest BCUT2D eigenvalue weighted by molar-refractivity contribution is 5.73. The molecule has 1 atom stereocenters. The van der Waals surface area contributed by atoms with Crippen LogP contribution in [0.1, 0.15) is 12.0 Å². The lowest BCUT2D eigenvalue weighted by Gasteiger charge is -2.16. The molecule has 1 saturated heterocycles. The molecule has 1 heterocycles. The summed E-state index contributed by atoms with van der Waals surface area (Å²) in [5, 5.41) is 5.71. The lowest BCUT2D eigenvalue weighted by atomic mass is 10.1. The van der Waals surface area contributed by atoms with E-state index in [4.69, 9.17) is 4.74 Å². The van der Waals surface area contributed by atoms with Crippen molar-refractivity contribution < 1.29 is 9.53 Å². The summed E-state index contributed by atoms with van der Waals surface area (Å²) < 4.78 is 4.89. The van der Waals surface area contributed by atoms with Crippen molar-refractivity contribution in [3.63, 3.8) is 0 Å². The smallest absolute Gasteiger partial charge is 0.314 e. The average Bonchev–Trinajstić information content (AvgIpc) is 2.94. The van der Waals surface area contributed by atoms with E-state index in [1.807, 2.05) is 6.07 Å². The van der Waals surface area contributed by atoms with Crippen molar-refractivity contribution in [1.82, 2.24) is 15.5 Å². The van der Waals surface area contributed by atoms with Gasteiger partial charge in [0.1, 0.15) is 0 Å². The highest BCUT2D eigenvalue weighted by atomic mass is 16.5. The van der Waals surface area contributed by atoms with Crippen LogP contribution in [0.2, 0.25) is 0 Å². The van der Waals surface area contributed by atoms with Crippen LogP contribution in [0.4, 0.5) is 4.79 Å². The van der Waals surface area contributed by atoms with E-state index in [9.17, 15) is 4.79 Å². The van der Waals surface area contributed by atoms with E-state index < -0.39 is 0 Å². The van der Waals surface area contributed by atoms with Crippen LogP contribution >= 0.6 is 0 Å². The molecule has 21 heavy (non-hydrogen) atoms. The number of rotatable bonds is 7. The SMILES string of the molecule is COCCNC(=O)NC[C@@H]1CCN(Cc2ccccc2)C1. The Morgan fingerprint density at radius 1 is 1.33 bits per heavy atom. The van der Waals surface area contributed by atoms with Gasteiger partial charge in [-0.15, -0.1) is 0 Å². The van der Waals surface area contributed by atoms with E-state index in [0.29, 0.717) is 19.1 Å². The molecule has 1 fully saturated rings. The van der Waals surface area contributed by atoms with Gasteiger partial charge in [-0.2, -0.15) is 0 Å². The molecule has 5 nitrogen and oxygen atoms in total. The molecule has 0 aliphatic carbocycles. The monoisotopic (exact) mass is 291 g/mol. The van der Waals surface area contributed by atoms with Gasteiger partial charge in [-0.25, -0.2) is 4.79 Å². The first kappa shape index (κ1) is 15.8. The Kier molecular flexibility index (Phi) is 6.50. The summed E-state index contributed by atoms with van der Waals surface area (Å²) in [6, 6.07) is 10.4. The van der Waals surface area contributed by atoms with Gasteiger partial charge in [0.25, 0.3) is 0 Å². The molecular formula is C16H25N3O2. The summed E-state index contributed by atoms with van der Waals surface area (Å²) in [5.74, 6) is 0.543. The van der Waals surface area contributed by atoms with E-state index in [1.54, 1.807) is 7.11 Å². The highest BCUT2D eigenvalue weighted by Crippen LogP contribution is 2.17. The van der Waals surface area contributed by atoms with Crippen LogP contribution in [0.3, 0.4) is 0 Å². The van der Waals surface area contributed by atoms with E-state index >= 15 is 0 Å². The molecule has 0 bridgehead atoms. The van der Waals surface area contributed by atoms with Crippen LogP contribution in [0, 0.1) is 5.92 Å². The molecule has 1 aliphatic heterocycles. The molecule has 5 heteroatoms. The standard InChI is InChI=1S/C16H25N3O2/c1-21-10-8-17-16(20)18-11-15-7-9-19(13-15)12-14-5-3-2-4-6-14/h2-6,15H,7-13H2,1H3,(H2,17,18,20)/t15-/m0/s1. The largest absolute Gasteiger partial charge is 0.383 e. The minimum absolute atomic E-state index is 0.103. The highest BCUT2D eigenvalue weighted by Gasteiger charge is 2.22. The van der Waals surface area contributed by atoms with Crippen molar-refractivity contribution in [3.8, 4) is 0 Å². The lowest BCUT2D eigenvalue weighted by Crippen LogP contribution is -2.40. The fraction of sp³-hybridized carbons (Fsp3) is 0.562. The zero-order valence-electron chi connectivity index (χ0n) is 12.7. The van der Waals surface area contributed by atoms with Gasteiger partial charge in [-0.1, -0.05) is 30.3 Å². The number of hydrogen-bond acceptors (Lipinski definition) is 3. The van der Waals surface area contributed by atoms with E-state index in [0.717, 1.165) is 32.6 Å². The molecular weight excluding hydrogens is 266 g/mol. The number of methoxy groups -OCH3 is 1. The Labute approximate surface area is 126 Å². The van der Waals surface area contributed by atoms with Crippen LogP contribution in [-0.2, 0) is 11.3 Å². The fourth-order valence-corrected chi connectivity index (χ4v) is 2.63. The Hall–Kier alpha value is -1.59. The van der Waals surface area contributed by atoms with E-state index in [2.05, 4.69) is 39.8 Å². The molecule has 116 valence electrons. The summed E-state index contributed by atoms with van der Waals surface area (Å²) in [7, 11) is 1.62. The van der Waals surface area contributed by atoms with Crippen molar-refractivity contribution >= 4 is 6.03 Å². The summed E-state index contributed by atoms with van der Waals surface area (Å²) >= 11 is 0. The third-order valence-corrected chi connectivity index (χ3v) is 3.76. The number of nitrogens with one attached hydrogen (secondary N) is 2. The minimum atomic E-state index is -0.103. The molecule has 0 radical (unpaired) electrons. The van der Waals surface area contributed by atoms with Crippen LogP contribution < -0.4 is 10.6 Å².